The topological polar surface area (TPSA) is 110 Å². The van der Waals surface area contributed by atoms with Gasteiger partial charge in [0.2, 0.25) is 0 Å². The zero-order chi connectivity index (χ0) is 25.4. The van der Waals surface area contributed by atoms with Crippen molar-refractivity contribution < 1.29 is 23.8 Å². The van der Waals surface area contributed by atoms with Gasteiger partial charge in [-0.1, -0.05) is 43.3 Å². The summed E-state index contributed by atoms with van der Waals surface area (Å²) in [6.45, 7) is 3.96. The summed E-state index contributed by atoms with van der Waals surface area (Å²) in [5, 5.41) is 23.1. The predicted octanol–water partition coefficient (Wildman–Crippen LogP) is 5.67. The monoisotopic (exact) mass is 484 g/mol. The van der Waals surface area contributed by atoms with Crippen LogP contribution in [0, 0.1) is 0 Å². The van der Waals surface area contributed by atoms with E-state index in [2.05, 4.69) is 0 Å². The molecule has 0 unspecified atom stereocenters. The van der Waals surface area contributed by atoms with Gasteiger partial charge < -0.3 is 23.8 Å². The lowest BCUT2D eigenvalue weighted by Gasteiger charge is -2.20. The molecule has 0 bridgehead atoms. The first-order valence-corrected chi connectivity index (χ1v) is 11.6. The van der Waals surface area contributed by atoms with Crippen LogP contribution in [0.15, 0.2) is 91.2 Å². The van der Waals surface area contributed by atoms with Gasteiger partial charge in [-0.3, -0.25) is 0 Å². The Bertz CT molecular complexity index is 1580. The van der Waals surface area contributed by atoms with Gasteiger partial charge in [0.1, 0.15) is 28.4 Å². The number of para-hydroxylation sites is 2. The van der Waals surface area contributed by atoms with Crippen LogP contribution in [-0.2, 0) is 0 Å². The van der Waals surface area contributed by atoms with Crippen molar-refractivity contribution in [3.63, 3.8) is 0 Å². The van der Waals surface area contributed by atoms with E-state index < -0.39 is 17.2 Å². The van der Waals surface area contributed by atoms with E-state index in [4.69, 9.17) is 13.6 Å². The van der Waals surface area contributed by atoms with Crippen molar-refractivity contribution in [1.29, 1.82) is 0 Å². The molecule has 5 aromatic rings. The third kappa shape index (κ3) is 3.98. The molecule has 0 amide bonds. The van der Waals surface area contributed by atoms with Gasteiger partial charge in [-0.2, -0.15) is 0 Å². The van der Waals surface area contributed by atoms with Crippen LogP contribution in [0.5, 0.6) is 17.2 Å². The zero-order valence-electron chi connectivity index (χ0n) is 19.7. The predicted molar refractivity (Wildman–Crippen MR) is 136 cm³/mol. The van der Waals surface area contributed by atoms with Gasteiger partial charge >= 0.3 is 11.3 Å². The molecule has 7 nitrogen and oxygen atoms in total. The second-order valence-electron chi connectivity index (χ2n) is 8.63. The minimum Gasteiger partial charge on any atom is -0.507 e. The lowest BCUT2D eigenvalue weighted by Crippen LogP contribution is -2.21. The molecule has 3 aromatic carbocycles. The molecule has 0 fully saturated rings. The third-order valence-corrected chi connectivity index (χ3v) is 6.34. The highest BCUT2D eigenvalue weighted by molar-refractivity contribution is 5.86. The van der Waals surface area contributed by atoms with E-state index in [-0.39, 0.29) is 39.9 Å². The Morgan fingerprint density at radius 2 is 1.22 bits per heavy atom. The number of hydrogen-bond acceptors (Lipinski definition) is 7. The van der Waals surface area contributed by atoms with Crippen molar-refractivity contribution in [2.24, 2.45) is 0 Å². The van der Waals surface area contributed by atoms with E-state index in [1.807, 2.05) is 13.8 Å². The van der Waals surface area contributed by atoms with Crippen molar-refractivity contribution >= 4 is 21.9 Å². The molecule has 1 atom stereocenters. The summed E-state index contributed by atoms with van der Waals surface area (Å²) in [5.74, 6) is -1.24. The second-order valence-corrected chi connectivity index (χ2v) is 8.63. The molecule has 5 rings (SSSR count). The minimum absolute atomic E-state index is 0.000185. The Morgan fingerprint density at radius 1 is 0.750 bits per heavy atom. The highest BCUT2D eigenvalue weighted by Crippen LogP contribution is 2.42. The van der Waals surface area contributed by atoms with Crippen molar-refractivity contribution in [3.05, 3.63) is 110 Å². The number of rotatable bonds is 6. The van der Waals surface area contributed by atoms with Gasteiger partial charge in [0.05, 0.1) is 33.9 Å². The standard InChI is InChI=1S/C29H24O7/c1-3-16(2)34-18-14-12-17(13-15-18)23(24-26(30)19-8-4-6-10-21(19)35-28(24)32)25-27(31)20-9-5-7-11-22(20)36-29(25)33/h4-16,23,30-31H,3H2,1-2H3/t16-/m1/s1. The van der Waals surface area contributed by atoms with E-state index in [1.54, 1.807) is 72.8 Å². The Kier molecular flexibility index (Phi) is 5.98. The Hall–Kier alpha value is -4.52. The second kappa shape index (κ2) is 9.26. The first kappa shape index (κ1) is 23.2. The van der Waals surface area contributed by atoms with E-state index in [9.17, 15) is 19.8 Å². The molecule has 2 heterocycles. The lowest BCUT2D eigenvalue weighted by molar-refractivity contribution is 0.217. The molecular formula is C29H24O7. The molecule has 0 saturated heterocycles. The highest BCUT2D eigenvalue weighted by atomic mass is 16.5. The van der Waals surface area contributed by atoms with Gasteiger partial charge in [-0.25, -0.2) is 9.59 Å². The van der Waals surface area contributed by atoms with E-state index in [1.165, 1.54) is 0 Å². The fraction of sp³-hybridized carbons (Fsp3) is 0.172. The maximum absolute atomic E-state index is 13.2. The maximum atomic E-state index is 13.2. The van der Waals surface area contributed by atoms with Crippen LogP contribution >= 0.6 is 0 Å². The summed E-state index contributed by atoms with van der Waals surface area (Å²) < 4.78 is 16.9. The number of hydrogen-bond donors (Lipinski definition) is 2. The molecular weight excluding hydrogens is 460 g/mol. The normalized spacial score (nSPS) is 12.3. The van der Waals surface area contributed by atoms with Gasteiger partial charge in [-0.05, 0) is 55.3 Å². The van der Waals surface area contributed by atoms with Crippen LogP contribution < -0.4 is 16.0 Å². The van der Waals surface area contributed by atoms with E-state index in [0.717, 1.165) is 6.42 Å². The van der Waals surface area contributed by atoms with Crippen LogP contribution in [0.3, 0.4) is 0 Å². The molecule has 2 N–H and O–H groups in total. The summed E-state index contributed by atoms with van der Waals surface area (Å²) in [4.78, 5) is 26.4. The van der Waals surface area contributed by atoms with Gasteiger partial charge in [-0.15, -0.1) is 0 Å². The number of benzene rings is 3. The van der Waals surface area contributed by atoms with Gasteiger partial charge in [0.25, 0.3) is 0 Å². The maximum Gasteiger partial charge on any atom is 0.344 e. The van der Waals surface area contributed by atoms with Crippen LogP contribution in [0.1, 0.15) is 42.9 Å². The molecule has 36 heavy (non-hydrogen) atoms. The number of ether oxygens (including phenoxy) is 1. The number of aromatic hydroxyl groups is 2. The zero-order valence-corrected chi connectivity index (χ0v) is 19.7. The first-order chi connectivity index (χ1) is 17.4. The lowest BCUT2D eigenvalue weighted by atomic mass is 9.84. The summed E-state index contributed by atoms with van der Waals surface area (Å²) in [5.41, 5.74) is -1.15. The van der Waals surface area contributed by atoms with Crippen molar-refractivity contribution in [3.8, 4) is 17.2 Å². The fourth-order valence-electron chi connectivity index (χ4n) is 4.34. The Labute approximate surface area is 205 Å². The van der Waals surface area contributed by atoms with E-state index >= 15 is 0 Å². The van der Waals surface area contributed by atoms with Crippen molar-refractivity contribution in [2.75, 3.05) is 0 Å². The quantitative estimate of drug-likeness (QED) is 0.299. The summed E-state index contributed by atoms with van der Waals surface area (Å²) in [6.07, 6.45) is 0.822. The number of fused-ring (bicyclic) bond motifs is 2. The first-order valence-electron chi connectivity index (χ1n) is 11.6. The largest absolute Gasteiger partial charge is 0.507 e. The molecule has 2 aromatic heterocycles. The molecule has 0 aliphatic heterocycles. The summed E-state index contributed by atoms with van der Waals surface area (Å²) in [7, 11) is 0. The molecule has 0 aliphatic carbocycles. The smallest absolute Gasteiger partial charge is 0.344 e. The van der Waals surface area contributed by atoms with Crippen LogP contribution in [0.4, 0.5) is 0 Å². The van der Waals surface area contributed by atoms with Crippen LogP contribution in [-0.4, -0.2) is 16.3 Å². The summed E-state index contributed by atoms with van der Waals surface area (Å²) >= 11 is 0. The average molecular weight is 485 g/mol. The third-order valence-electron chi connectivity index (χ3n) is 6.34. The van der Waals surface area contributed by atoms with Crippen LogP contribution in [0.25, 0.3) is 21.9 Å². The highest BCUT2D eigenvalue weighted by Gasteiger charge is 2.32. The van der Waals surface area contributed by atoms with E-state index in [0.29, 0.717) is 22.1 Å². The molecule has 182 valence electrons. The molecule has 7 heteroatoms. The Balaban J connectivity index is 1.80. The van der Waals surface area contributed by atoms with Gasteiger partial charge in [0.15, 0.2) is 0 Å². The summed E-state index contributed by atoms with van der Waals surface area (Å²) in [6, 6.07) is 19.9. The minimum atomic E-state index is -1.18. The molecule has 0 spiro atoms. The average Bonchev–Trinajstić information content (AvgIpc) is 2.88. The molecule has 0 radical (unpaired) electrons. The molecule has 0 aliphatic rings. The SMILES string of the molecule is CC[C@@H](C)Oc1ccc(C(c2c(O)c3ccccc3oc2=O)c2c(O)c3ccccc3oc2=O)cc1. The van der Waals surface area contributed by atoms with Crippen molar-refractivity contribution in [2.45, 2.75) is 32.3 Å². The van der Waals surface area contributed by atoms with Gasteiger partial charge in [0, 0.05) is 0 Å². The van der Waals surface area contributed by atoms with Crippen LogP contribution in [0.2, 0.25) is 0 Å². The Morgan fingerprint density at radius 3 is 1.69 bits per heavy atom. The van der Waals surface area contributed by atoms with Crippen molar-refractivity contribution in [1.82, 2.24) is 0 Å². The fourth-order valence-corrected chi connectivity index (χ4v) is 4.34. The molecule has 0 saturated carbocycles.